The molecule has 0 saturated carbocycles. The van der Waals surface area contributed by atoms with E-state index in [0.717, 1.165) is 45.9 Å². The molecule has 2 rings (SSSR count). The highest BCUT2D eigenvalue weighted by Gasteiger charge is 2.29. The molecule has 5 heteroatoms. The average molecular weight is 266 g/mol. The first-order valence-corrected chi connectivity index (χ1v) is 7.39. The van der Waals surface area contributed by atoms with Crippen molar-refractivity contribution in [2.45, 2.75) is 38.4 Å². The van der Waals surface area contributed by atoms with E-state index in [1.54, 1.807) is 0 Å². The number of likely N-dealkylation sites (tertiary alicyclic amines) is 1. The van der Waals surface area contributed by atoms with Crippen LogP contribution in [0.1, 0.15) is 20.3 Å². The summed E-state index contributed by atoms with van der Waals surface area (Å²) in [4.78, 5) is 4.96. The molecular formula is C14H26N4O. The zero-order chi connectivity index (χ0) is 13.7. The topological polar surface area (TPSA) is 51.5 Å². The van der Waals surface area contributed by atoms with Crippen LogP contribution in [0.25, 0.3) is 0 Å². The van der Waals surface area contributed by atoms with E-state index in [1.807, 2.05) is 0 Å². The Labute approximate surface area is 116 Å². The van der Waals surface area contributed by atoms with Crippen molar-refractivity contribution in [3.8, 4) is 6.07 Å². The molecule has 19 heavy (non-hydrogen) atoms. The van der Waals surface area contributed by atoms with Crippen LogP contribution in [0.2, 0.25) is 0 Å². The molecule has 0 aromatic heterocycles. The normalized spacial score (nSPS) is 27.6. The summed E-state index contributed by atoms with van der Waals surface area (Å²) >= 11 is 0. The van der Waals surface area contributed by atoms with Gasteiger partial charge in [0.2, 0.25) is 0 Å². The van der Waals surface area contributed by atoms with Gasteiger partial charge in [-0.2, -0.15) is 5.26 Å². The van der Waals surface area contributed by atoms with Crippen molar-refractivity contribution >= 4 is 0 Å². The van der Waals surface area contributed by atoms with Crippen molar-refractivity contribution in [2.24, 2.45) is 0 Å². The van der Waals surface area contributed by atoms with Gasteiger partial charge in [-0.1, -0.05) is 0 Å². The molecule has 0 spiro atoms. The highest BCUT2D eigenvalue weighted by atomic mass is 16.5. The van der Waals surface area contributed by atoms with Gasteiger partial charge < -0.3 is 4.74 Å². The summed E-state index contributed by atoms with van der Waals surface area (Å²) in [6.07, 6.45) is 1.22. The highest BCUT2D eigenvalue weighted by Crippen LogP contribution is 2.17. The van der Waals surface area contributed by atoms with E-state index >= 15 is 0 Å². The number of ether oxygens (including phenoxy) is 1. The van der Waals surface area contributed by atoms with Crippen molar-refractivity contribution in [3.63, 3.8) is 0 Å². The molecular weight excluding hydrogens is 240 g/mol. The lowest BCUT2D eigenvalue weighted by atomic mass is 10.2. The smallest absolute Gasteiger partial charge is 0.108 e. The molecule has 2 atom stereocenters. The zero-order valence-electron chi connectivity index (χ0n) is 12.1. The minimum absolute atomic E-state index is 0.0524. The fourth-order valence-corrected chi connectivity index (χ4v) is 3.01. The van der Waals surface area contributed by atoms with Crippen LogP contribution in [-0.2, 0) is 4.74 Å². The summed E-state index contributed by atoms with van der Waals surface area (Å²) in [7, 11) is 0. The van der Waals surface area contributed by atoms with Crippen molar-refractivity contribution in [1.82, 2.24) is 15.1 Å². The van der Waals surface area contributed by atoms with Gasteiger partial charge in [-0.3, -0.25) is 15.1 Å². The minimum Gasteiger partial charge on any atom is -0.379 e. The molecule has 2 fully saturated rings. The number of hydrogen-bond donors (Lipinski definition) is 1. The molecule has 0 aromatic rings. The molecule has 0 aliphatic carbocycles. The Morgan fingerprint density at radius 1 is 1.32 bits per heavy atom. The average Bonchev–Trinajstić information content (AvgIpc) is 2.87. The lowest BCUT2D eigenvalue weighted by Crippen LogP contribution is -2.46. The maximum absolute atomic E-state index is 9.18. The standard InChI is InChI=1S/C14H26N4O/c1-12(2)16-13(9-15)10-17-4-3-14(11-17)18-5-7-19-8-6-18/h12-14,16H,3-8,10-11H2,1-2H3. The van der Waals surface area contributed by atoms with Crippen LogP contribution >= 0.6 is 0 Å². The summed E-state index contributed by atoms with van der Waals surface area (Å²) in [6.45, 7) is 11.1. The number of morpholine rings is 1. The third kappa shape index (κ3) is 4.43. The Morgan fingerprint density at radius 2 is 2.05 bits per heavy atom. The first-order chi connectivity index (χ1) is 9.19. The lowest BCUT2D eigenvalue weighted by Gasteiger charge is -2.32. The Hall–Kier alpha value is -0.670. The van der Waals surface area contributed by atoms with Crippen LogP contribution in [0.3, 0.4) is 0 Å². The Balaban J connectivity index is 1.76. The fourth-order valence-electron chi connectivity index (χ4n) is 3.01. The molecule has 0 radical (unpaired) electrons. The van der Waals surface area contributed by atoms with Crippen molar-refractivity contribution in [1.29, 1.82) is 5.26 Å². The lowest BCUT2D eigenvalue weighted by molar-refractivity contribution is 0.0184. The van der Waals surface area contributed by atoms with E-state index in [0.29, 0.717) is 12.1 Å². The van der Waals surface area contributed by atoms with E-state index in [2.05, 4.69) is 35.0 Å². The molecule has 0 bridgehead atoms. The van der Waals surface area contributed by atoms with Gasteiger partial charge in [0, 0.05) is 38.3 Å². The van der Waals surface area contributed by atoms with E-state index in [1.165, 1.54) is 6.42 Å². The molecule has 108 valence electrons. The third-order valence-electron chi connectivity index (χ3n) is 3.94. The van der Waals surface area contributed by atoms with Crippen LogP contribution in [-0.4, -0.2) is 73.9 Å². The molecule has 1 N–H and O–H groups in total. The number of hydrogen-bond acceptors (Lipinski definition) is 5. The molecule has 2 unspecified atom stereocenters. The predicted molar refractivity (Wildman–Crippen MR) is 74.9 cm³/mol. The van der Waals surface area contributed by atoms with Crippen molar-refractivity contribution < 1.29 is 4.74 Å². The van der Waals surface area contributed by atoms with Gasteiger partial charge in [0.05, 0.1) is 19.3 Å². The van der Waals surface area contributed by atoms with Crippen LogP contribution in [0.15, 0.2) is 0 Å². The highest BCUT2D eigenvalue weighted by molar-refractivity contribution is 4.95. The second-order valence-corrected chi connectivity index (χ2v) is 5.85. The predicted octanol–water partition coefficient (Wildman–Crippen LogP) is 0.283. The maximum Gasteiger partial charge on any atom is 0.108 e. The first kappa shape index (κ1) is 14.7. The number of nitrogens with one attached hydrogen (secondary N) is 1. The second-order valence-electron chi connectivity index (χ2n) is 5.85. The summed E-state index contributed by atoms with van der Waals surface area (Å²) in [5, 5.41) is 12.5. The molecule has 2 saturated heterocycles. The number of rotatable bonds is 5. The third-order valence-corrected chi connectivity index (χ3v) is 3.94. The van der Waals surface area contributed by atoms with Crippen LogP contribution in [0.4, 0.5) is 0 Å². The first-order valence-electron chi connectivity index (χ1n) is 7.39. The van der Waals surface area contributed by atoms with Crippen molar-refractivity contribution in [3.05, 3.63) is 0 Å². The summed E-state index contributed by atoms with van der Waals surface area (Å²) < 4.78 is 5.40. The Kier molecular flexibility index (Phi) is 5.59. The molecule has 0 amide bonds. The van der Waals surface area contributed by atoms with Gasteiger partial charge >= 0.3 is 0 Å². The van der Waals surface area contributed by atoms with Gasteiger partial charge in [0.1, 0.15) is 6.04 Å². The van der Waals surface area contributed by atoms with Crippen LogP contribution in [0.5, 0.6) is 0 Å². The Bertz CT molecular complexity index is 309. The monoisotopic (exact) mass is 266 g/mol. The van der Waals surface area contributed by atoms with Gasteiger partial charge in [0.25, 0.3) is 0 Å². The molecule has 2 heterocycles. The SMILES string of the molecule is CC(C)NC(C#N)CN1CCC(N2CCOCC2)C1. The van der Waals surface area contributed by atoms with Gasteiger partial charge in [-0.25, -0.2) is 0 Å². The molecule has 2 aliphatic rings. The van der Waals surface area contributed by atoms with Crippen LogP contribution < -0.4 is 5.32 Å². The minimum atomic E-state index is -0.0524. The van der Waals surface area contributed by atoms with E-state index < -0.39 is 0 Å². The largest absolute Gasteiger partial charge is 0.379 e. The molecule has 0 aromatic carbocycles. The number of nitriles is 1. The van der Waals surface area contributed by atoms with Gasteiger partial charge in [-0.05, 0) is 26.8 Å². The number of nitrogens with zero attached hydrogens (tertiary/aromatic N) is 3. The van der Waals surface area contributed by atoms with Crippen LogP contribution in [0, 0.1) is 11.3 Å². The molecule has 2 aliphatic heterocycles. The quantitative estimate of drug-likeness (QED) is 0.775. The fraction of sp³-hybridized carbons (Fsp3) is 0.929. The van der Waals surface area contributed by atoms with Crippen molar-refractivity contribution in [2.75, 3.05) is 45.9 Å². The maximum atomic E-state index is 9.18. The van der Waals surface area contributed by atoms with E-state index in [-0.39, 0.29) is 6.04 Å². The summed E-state index contributed by atoms with van der Waals surface area (Å²) in [5.74, 6) is 0. The van der Waals surface area contributed by atoms with Gasteiger partial charge in [-0.15, -0.1) is 0 Å². The van der Waals surface area contributed by atoms with E-state index in [4.69, 9.17) is 4.74 Å². The van der Waals surface area contributed by atoms with Gasteiger partial charge in [0.15, 0.2) is 0 Å². The second kappa shape index (κ2) is 7.20. The Morgan fingerprint density at radius 3 is 2.68 bits per heavy atom. The molecule has 5 nitrogen and oxygen atoms in total. The summed E-state index contributed by atoms with van der Waals surface area (Å²) in [6, 6.07) is 3.33. The summed E-state index contributed by atoms with van der Waals surface area (Å²) in [5.41, 5.74) is 0. The zero-order valence-corrected chi connectivity index (χ0v) is 12.1. The van der Waals surface area contributed by atoms with E-state index in [9.17, 15) is 5.26 Å².